The van der Waals surface area contributed by atoms with E-state index in [2.05, 4.69) is 0 Å². The van der Waals surface area contributed by atoms with Crippen LogP contribution in [0.1, 0.15) is 38.3 Å². The molecule has 0 radical (unpaired) electrons. The summed E-state index contributed by atoms with van der Waals surface area (Å²) in [6.07, 6.45) is 2.91. The summed E-state index contributed by atoms with van der Waals surface area (Å²) in [5.74, 6) is -1.07. The molecule has 3 rings (SSSR count). The normalized spacial score (nSPS) is 10.9. The lowest BCUT2D eigenvalue weighted by Gasteiger charge is -2.07. The zero-order valence-electron chi connectivity index (χ0n) is 18.3. The highest BCUT2D eigenvalue weighted by atomic mass is 32.1. The lowest BCUT2D eigenvalue weighted by Crippen LogP contribution is -2.06. The van der Waals surface area contributed by atoms with E-state index in [1.165, 1.54) is 18.2 Å². The monoisotopic (exact) mass is 474 g/mol. The largest absolute Gasteiger partial charge is 0.462 e. The lowest BCUT2D eigenvalue weighted by atomic mass is 10.0. The summed E-state index contributed by atoms with van der Waals surface area (Å²) in [6.45, 7) is 3.47. The number of carbonyl (C=O) groups is 2. The van der Waals surface area contributed by atoms with Crippen LogP contribution in [0.15, 0.2) is 48.2 Å². The van der Waals surface area contributed by atoms with Crippen molar-refractivity contribution in [1.29, 1.82) is 10.5 Å². The summed E-state index contributed by atoms with van der Waals surface area (Å²) in [5, 5.41) is 30.0. The number of ether oxygens (including phenoxy) is 1. The third-order valence-electron chi connectivity index (χ3n) is 4.95. The molecule has 2 aromatic heterocycles. The molecule has 0 aliphatic heterocycles. The molecule has 1 aromatic carbocycles. The molecule has 0 saturated carbocycles. The predicted octanol–water partition coefficient (Wildman–Crippen LogP) is 4.52. The van der Waals surface area contributed by atoms with Crippen LogP contribution < -0.4 is 0 Å². The number of benzene rings is 1. The van der Waals surface area contributed by atoms with Crippen LogP contribution in [-0.4, -0.2) is 27.8 Å². The number of nitriles is 2. The van der Waals surface area contributed by atoms with Crippen molar-refractivity contribution in [2.24, 2.45) is 0 Å². The van der Waals surface area contributed by atoms with E-state index in [0.717, 1.165) is 11.3 Å². The second-order valence-electron chi connectivity index (χ2n) is 7.03. The molecule has 0 aliphatic carbocycles. The van der Waals surface area contributed by atoms with E-state index in [0.29, 0.717) is 21.8 Å². The topological polar surface area (TPSA) is 139 Å². The Bertz CT molecular complexity index is 1380. The van der Waals surface area contributed by atoms with E-state index >= 15 is 0 Å². The number of thiophene rings is 1. The number of nitro groups is 1. The minimum Gasteiger partial charge on any atom is -0.462 e. The Balaban J connectivity index is 1.91. The van der Waals surface area contributed by atoms with Gasteiger partial charge in [0.2, 0.25) is 0 Å². The summed E-state index contributed by atoms with van der Waals surface area (Å²) in [7, 11) is 0. The van der Waals surface area contributed by atoms with Gasteiger partial charge in [0.15, 0.2) is 5.78 Å². The van der Waals surface area contributed by atoms with Gasteiger partial charge in [0.1, 0.15) is 17.0 Å². The van der Waals surface area contributed by atoms with E-state index in [1.54, 1.807) is 48.9 Å². The van der Waals surface area contributed by atoms with Crippen LogP contribution in [0.2, 0.25) is 0 Å². The molecule has 0 N–H and O–H groups in total. The summed E-state index contributed by atoms with van der Waals surface area (Å²) >= 11 is 1.01. The van der Waals surface area contributed by atoms with Gasteiger partial charge in [-0.15, -0.1) is 11.3 Å². The summed E-state index contributed by atoms with van der Waals surface area (Å²) < 4.78 is 6.70. The van der Waals surface area contributed by atoms with Gasteiger partial charge in [-0.1, -0.05) is 0 Å². The van der Waals surface area contributed by atoms with E-state index in [-0.39, 0.29) is 34.7 Å². The van der Waals surface area contributed by atoms with Crippen molar-refractivity contribution >= 4 is 34.9 Å². The number of hydrogen-bond acceptors (Lipinski definition) is 8. The van der Waals surface area contributed by atoms with Crippen molar-refractivity contribution in [2.45, 2.75) is 20.3 Å². The van der Waals surface area contributed by atoms with Crippen molar-refractivity contribution in [2.75, 3.05) is 6.61 Å². The molecular weight excluding hydrogens is 456 g/mol. The number of allylic oxidation sites excluding steroid dienone is 1. The number of ketones is 1. The molecule has 0 aliphatic rings. The minimum atomic E-state index is -0.558. The minimum absolute atomic E-state index is 0.0531. The Morgan fingerprint density at radius 3 is 2.53 bits per heavy atom. The zero-order valence-corrected chi connectivity index (χ0v) is 19.1. The fraction of sp³-hybridized carbons (Fsp3) is 0.167. The molecule has 0 fully saturated rings. The van der Waals surface area contributed by atoms with Crippen molar-refractivity contribution in [3.8, 4) is 17.8 Å². The fourth-order valence-corrected chi connectivity index (χ4v) is 4.43. The fourth-order valence-electron chi connectivity index (χ4n) is 3.28. The molecule has 10 heteroatoms. The van der Waals surface area contributed by atoms with Gasteiger partial charge < -0.3 is 9.30 Å². The third-order valence-corrected chi connectivity index (χ3v) is 6.22. The molecule has 0 atom stereocenters. The molecule has 0 unspecified atom stereocenters. The average Bonchev–Trinajstić information content (AvgIpc) is 3.41. The van der Waals surface area contributed by atoms with E-state index in [1.807, 2.05) is 12.1 Å². The molecule has 0 amide bonds. The molecule has 170 valence electrons. The Morgan fingerprint density at radius 2 is 1.94 bits per heavy atom. The van der Waals surface area contributed by atoms with Crippen LogP contribution in [0.4, 0.5) is 5.69 Å². The van der Waals surface area contributed by atoms with Gasteiger partial charge in [-0.2, -0.15) is 10.5 Å². The Morgan fingerprint density at radius 1 is 1.24 bits per heavy atom. The number of esters is 1. The summed E-state index contributed by atoms with van der Waals surface area (Å²) in [5.41, 5.74) is 1.63. The van der Waals surface area contributed by atoms with E-state index < -0.39 is 16.7 Å². The number of nitrogens with zero attached hydrogens (tertiary/aromatic N) is 4. The van der Waals surface area contributed by atoms with Gasteiger partial charge >= 0.3 is 5.97 Å². The maximum absolute atomic E-state index is 12.9. The first-order valence-electron chi connectivity index (χ1n) is 10.1. The molecule has 0 spiro atoms. The first-order chi connectivity index (χ1) is 16.3. The van der Waals surface area contributed by atoms with Crippen molar-refractivity contribution in [3.05, 3.63) is 84.9 Å². The number of hydrogen-bond donors (Lipinski definition) is 0. The summed E-state index contributed by atoms with van der Waals surface area (Å²) in [4.78, 5) is 36.1. The second-order valence-corrected chi connectivity index (χ2v) is 8.14. The quantitative estimate of drug-likeness (QED) is 0.154. The Hall–Kier alpha value is -4.54. The molecule has 34 heavy (non-hydrogen) atoms. The maximum atomic E-state index is 12.9. The van der Waals surface area contributed by atoms with E-state index in [9.17, 15) is 30.2 Å². The smallest absolute Gasteiger partial charge is 0.348 e. The number of non-ortho nitro benzene ring substituents is 1. The highest BCUT2D eigenvalue weighted by Crippen LogP contribution is 2.30. The van der Waals surface area contributed by atoms with E-state index in [4.69, 9.17) is 4.74 Å². The van der Waals surface area contributed by atoms with Gasteiger partial charge in [0, 0.05) is 41.0 Å². The molecule has 2 heterocycles. The molecule has 0 saturated heterocycles. The molecule has 0 bridgehead atoms. The standard InChI is InChI=1S/C24H18N4O5S/c1-3-33-24(30)23-15(2)20(14-26)22(34-23)12-21(29)16(13-25)11-19-5-4-10-27(19)17-6-8-18(9-7-17)28(31)32/h4-11H,3,12H2,1-2H3/b16-11+. The molecular formula is C24H18N4O5S. The number of Topliss-reactive ketones (excluding diaryl/α,β-unsaturated/α-hetero) is 1. The first kappa shape index (κ1) is 24.1. The highest BCUT2D eigenvalue weighted by molar-refractivity contribution is 7.14. The Labute approximate surface area is 198 Å². The van der Waals surface area contributed by atoms with Crippen LogP contribution in [0.5, 0.6) is 0 Å². The SMILES string of the molecule is CCOC(=O)c1sc(CC(=O)/C(C#N)=C/c2cccn2-c2ccc([N+](=O)[O-])cc2)c(C#N)c1C. The lowest BCUT2D eigenvalue weighted by molar-refractivity contribution is -0.384. The van der Waals surface area contributed by atoms with Gasteiger partial charge in [0.25, 0.3) is 5.69 Å². The number of nitro benzene ring substituents is 1. The van der Waals surface area contributed by atoms with Crippen molar-refractivity contribution in [1.82, 2.24) is 4.57 Å². The first-order valence-corrected chi connectivity index (χ1v) is 10.9. The maximum Gasteiger partial charge on any atom is 0.348 e. The number of carbonyl (C=O) groups excluding carboxylic acids is 2. The number of rotatable bonds is 8. The van der Waals surface area contributed by atoms with Crippen LogP contribution in [-0.2, 0) is 16.0 Å². The zero-order chi connectivity index (χ0) is 24.8. The van der Waals surface area contributed by atoms with Crippen molar-refractivity contribution < 1.29 is 19.2 Å². The summed E-state index contributed by atoms with van der Waals surface area (Å²) in [6, 6.07) is 13.2. The van der Waals surface area contributed by atoms with Crippen LogP contribution in [0.25, 0.3) is 11.8 Å². The van der Waals surface area contributed by atoms with Crippen LogP contribution in [0, 0.1) is 39.7 Å². The molecule has 9 nitrogen and oxygen atoms in total. The number of aromatic nitrogens is 1. The van der Waals surface area contributed by atoms with Gasteiger partial charge in [-0.3, -0.25) is 14.9 Å². The predicted molar refractivity (Wildman–Crippen MR) is 124 cm³/mol. The van der Waals surface area contributed by atoms with Gasteiger partial charge in [0.05, 0.1) is 22.7 Å². The van der Waals surface area contributed by atoms with Gasteiger partial charge in [-0.25, -0.2) is 4.79 Å². The Kier molecular flexibility index (Phi) is 7.36. The van der Waals surface area contributed by atoms with Crippen LogP contribution >= 0.6 is 11.3 Å². The van der Waals surface area contributed by atoms with Gasteiger partial charge in [-0.05, 0) is 49.8 Å². The molecule has 3 aromatic rings. The highest BCUT2D eigenvalue weighted by Gasteiger charge is 2.23. The second kappa shape index (κ2) is 10.4. The van der Waals surface area contributed by atoms with Crippen LogP contribution in [0.3, 0.4) is 0 Å². The average molecular weight is 474 g/mol. The third kappa shape index (κ3) is 4.93. The van der Waals surface area contributed by atoms with Crippen molar-refractivity contribution in [3.63, 3.8) is 0 Å².